The van der Waals surface area contributed by atoms with Gasteiger partial charge in [-0.25, -0.2) is 4.39 Å². The lowest BCUT2D eigenvalue weighted by Gasteiger charge is -2.21. The van der Waals surface area contributed by atoms with E-state index in [4.69, 9.17) is 5.73 Å². The van der Waals surface area contributed by atoms with E-state index in [1.54, 1.807) is 6.92 Å². The van der Waals surface area contributed by atoms with E-state index in [0.29, 0.717) is 17.0 Å². The minimum Gasteiger partial charge on any atom is -0.507 e. The van der Waals surface area contributed by atoms with Crippen molar-refractivity contribution in [3.8, 4) is 5.75 Å². The number of aryl methyl sites for hydroxylation is 1. The molecule has 1 aliphatic rings. The Morgan fingerprint density at radius 1 is 1.38 bits per heavy atom. The lowest BCUT2D eigenvalue weighted by molar-refractivity contribution is 0.407. The highest BCUT2D eigenvalue weighted by molar-refractivity contribution is 5.42. The molecule has 1 fully saturated rings. The van der Waals surface area contributed by atoms with Crippen LogP contribution in [0.5, 0.6) is 5.75 Å². The van der Waals surface area contributed by atoms with Crippen molar-refractivity contribution >= 4 is 0 Å². The second kappa shape index (κ2) is 4.42. The summed E-state index contributed by atoms with van der Waals surface area (Å²) in [6, 6.07) is 2.46. The number of aromatic hydroxyl groups is 1. The molecule has 88 valence electrons. The van der Waals surface area contributed by atoms with Crippen LogP contribution in [-0.2, 0) is 0 Å². The molecule has 1 aromatic rings. The maximum absolute atomic E-state index is 13.3. The van der Waals surface area contributed by atoms with Gasteiger partial charge < -0.3 is 10.8 Å². The predicted octanol–water partition coefficient (Wildman–Crippen LogP) is 3.03. The average molecular weight is 223 g/mol. The first-order valence-corrected chi connectivity index (χ1v) is 5.84. The Bertz CT molecular complexity index is 386. The molecule has 3 N–H and O–H groups in total. The Kier molecular flexibility index (Phi) is 3.15. The van der Waals surface area contributed by atoms with Gasteiger partial charge in [-0.1, -0.05) is 12.8 Å². The molecule has 0 spiro atoms. The van der Waals surface area contributed by atoms with E-state index >= 15 is 0 Å². The van der Waals surface area contributed by atoms with E-state index in [0.717, 1.165) is 12.8 Å². The molecule has 0 aliphatic heterocycles. The summed E-state index contributed by atoms with van der Waals surface area (Å²) in [6.45, 7) is 1.70. The Morgan fingerprint density at radius 3 is 2.62 bits per heavy atom. The van der Waals surface area contributed by atoms with Crippen LogP contribution in [0.1, 0.15) is 42.9 Å². The van der Waals surface area contributed by atoms with Gasteiger partial charge in [0.25, 0.3) is 0 Å². The van der Waals surface area contributed by atoms with Crippen LogP contribution in [0.3, 0.4) is 0 Å². The summed E-state index contributed by atoms with van der Waals surface area (Å²) >= 11 is 0. The third-order valence-electron chi connectivity index (χ3n) is 3.56. The molecule has 1 aliphatic carbocycles. The van der Waals surface area contributed by atoms with Crippen LogP contribution in [0, 0.1) is 18.7 Å². The zero-order chi connectivity index (χ0) is 11.7. The minimum atomic E-state index is -0.321. The van der Waals surface area contributed by atoms with Crippen molar-refractivity contribution in [1.82, 2.24) is 0 Å². The molecule has 1 saturated carbocycles. The van der Waals surface area contributed by atoms with Crippen LogP contribution < -0.4 is 5.73 Å². The van der Waals surface area contributed by atoms with E-state index < -0.39 is 0 Å². The number of benzene rings is 1. The molecule has 0 amide bonds. The van der Waals surface area contributed by atoms with Gasteiger partial charge in [0.1, 0.15) is 11.6 Å². The maximum Gasteiger partial charge on any atom is 0.124 e. The smallest absolute Gasteiger partial charge is 0.124 e. The summed E-state index contributed by atoms with van der Waals surface area (Å²) in [5.41, 5.74) is 7.23. The van der Waals surface area contributed by atoms with Gasteiger partial charge in [0.2, 0.25) is 0 Å². The van der Waals surface area contributed by atoms with Crippen LogP contribution in [0.4, 0.5) is 4.39 Å². The maximum atomic E-state index is 13.3. The first-order valence-electron chi connectivity index (χ1n) is 5.84. The van der Waals surface area contributed by atoms with Crippen LogP contribution >= 0.6 is 0 Å². The van der Waals surface area contributed by atoms with Crippen molar-refractivity contribution in [2.45, 2.75) is 38.6 Å². The normalized spacial score (nSPS) is 18.9. The van der Waals surface area contributed by atoms with Crippen molar-refractivity contribution in [2.24, 2.45) is 11.7 Å². The van der Waals surface area contributed by atoms with Gasteiger partial charge in [0, 0.05) is 11.6 Å². The molecule has 0 unspecified atom stereocenters. The highest BCUT2D eigenvalue weighted by atomic mass is 19.1. The van der Waals surface area contributed by atoms with Gasteiger partial charge in [-0.3, -0.25) is 0 Å². The lowest BCUT2D eigenvalue weighted by atomic mass is 9.91. The third kappa shape index (κ3) is 2.05. The molecule has 2 rings (SSSR count). The van der Waals surface area contributed by atoms with Crippen molar-refractivity contribution in [1.29, 1.82) is 0 Å². The van der Waals surface area contributed by atoms with Crippen molar-refractivity contribution < 1.29 is 9.50 Å². The van der Waals surface area contributed by atoms with Crippen LogP contribution in [0.2, 0.25) is 0 Å². The van der Waals surface area contributed by atoms with E-state index in [1.807, 2.05) is 0 Å². The topological polar surface area (TPSA) is 46.2 Å². The number of hydrogen-bond donors (Lipinski definition) is 2. The monoisotopic (exact) mass is 223 g/mol. The SMILES string of the molecule is Cc1cc(F)cc([C@@H](N)C2CCCC2)c1O. The molecule has 0 saturated heterocycles. The third-order valence-corrected chi connectivity index (χ3v) is 3.56. The first-order chi connectivity index (χ1) is 7.59. The van der Waals surface area contributed by atoms with Crippen molar-refractivity contribution in [3.63, 3.8) is 0 Å². The molecule has 2 nitrogen and oxygen atoms in total. The largest absolute Gasteiger partial charge is 0.507 e. The zero-order valence-corrected chi connectivity index (χ0v) is 9.54. The molecular weight excluding hydrogens is 205 g/mol. The number of phenolic OH excluding ortho intramolecular Hbond substituents is 1. The number of halogens is 1. The minimum absolute atomic E-state index is 0.154. The standard InChI is InChI=1S/C13H18FNO/c1-8-6-10(14)7-11(13(8)16)12(15)9-4-2-3-5-9/h6-7,9,12,16H,2-5,15H2,1H3/t12-/m0/s1. The second-order valence-corrected chi connectivity index (χ2v) is 4.73. The van der Waals surface area contributed by atoms with E-state index in [2.05, 4.69) is 0 Å². The first kappa shape index (κ1) is 11.4. The zero-order valence-electron chi connectivity index (χ0n) is 9.54. The highest BCUT2D eigenvalue weighted by Crippen LogP contribution is 2.38. The molecule has 0 aromatic heterocycles. The summed E-state index contributed by atoms with van der Waals surface area (Å²) in [7, 11) is 0. The molecule has 0 bridgehead atoms. The molecule has 3 heteroatoms. The Morgan fingerprint density at radius 2 is 2.00 bits per heavy atom. The van der Waals surface area contributed by atoms with E-state index in [-0.39, 0.29) is 17.6 Å². The Labute approximate surface area is 95.3 Å². The molecular formula is C13H18FNO. The van der Waals surface area contributed by atoms with E-state index in [9.17, 15) is 9.50 Å². The van der Waals surface area contributed by atoms with Crippen LogP contribution in [-0.4, -0.2) is 5.11 Å². The van der Waals surface area contributed by atoms with Gasteiger partial charge in [0.05, 0.1) is 0 Å². The second-order valence-electron chi connectivity index (χ2n) is 4.73. The summed E-state index contributed by atoms with van der Waals surface area (Å²) in [4.78, 5) is 0. The number of phenols is 1. The Hall–Kier alpha value is -1.09. The fourth-order valence-corrected chi connectivity index (χ4v) is 2.59. The van der Waals surface area contributed by atoms with Gasteiger partial charge in [0.15, 0.2) is 0 Å². The number of hydrogen-bond acceptors (Lipinski definition) is 2. The van der Waals surface area contributed by atoms with E-state index in [1.165, 1.54) is 25.0 Å². The Balaban J connectivity index is 2.31. The number of nitrogens with two attached hydrogens (primary N) is 1. The molecule has 16 heavy (non-hydrogen) atoms. The predicted molar refractivity (Wildman–Crippen MR) is 61.7 cm³/mol. The molecule has 1 aromatic carbocycles. The van der Waals surface area contributed by atoms with Crippen LogP contribution in [0.25, 0.3) is 0 Å². The molecule has 0 radical (unpaired) electrons. The van der Waals surface area contributed by atoms with Gasteiger partial charge in [-0.05, 0) is 43.4 Å². The van der Waals surface area contributed by atoms with Gasteiger partial charge in [-0.2, -0.15) is 0 Å². The number of rotatable bonds is 2. The van der Waals surface area contributed by atoms with Crippen LogP contribution in [0.15, 0.2) is 12.1 Å². The van der Waals surface area contributed by atoms with Crippen molar-refractivity contribution in [2.75, 3.05) is 0 Å². The quantitative estimate of drug-likeness (QED) is 0.809. The fourth-order valence-electron chi connectivity index (χ4n) is 2.59. The van der Waals surface area contributed by atoms with Gasteiger partial charge in [-0.15, -0.1) is 0 Å². The molecule has 1 atom stereocenters. The molecule has 0 heterocycles. The van der Waals surface area contributed by atoms with Gasteiger partial charge >= 0.3 is 0 Å². The lowest BCUT2D eigenvalue weighted by Crippen LogP contribution is -2.19. The highest BCUT2D eigenvalue weighted by Gasteiger charge is 2.26. The summed E-state index contributed by atoms with van der Waals surface area (Å²) in [5.74, 6) is 0.214. The summed E-state index contributed by atoms with van der Waals surface area (Å²) in [6.07, 6.45) is 4.53. The summed E-state index contributed by atoms with van der Waals surface area (Å²) in [5, 5.41) is 9.91. The average Bonchev–Trinajstić information content (AvgIpc) is 2.75. The van der Waals surface area contributed by atoms with Crippen molar-refractivity contribution in [3.05, 3.63) is 29.1 Å². The fraction of sp³-hybridized carbons (Fsp3) is 0.538. The summed E-state index contributed by atoms with van der Waals surface area (Å²) < 4.78 is 13.3.